The first kappa shape index (κ1) is 32.4. The number of hydrogen-bond acceptors (Lipinski definition) is 8. The van der Waals surface area contributed by atoms with Gasteiger partial charge in [-0.05, 0) is 118 Å². The number of nitrogens with zero attached hydrogens (tertiary/aromatic N) is 1. The van der Waals surface area contributed by atoms with Crippen LogP contribution in [0.5, 0.6) is 0 Å². The summed E-state index contributed by atoms with van der Waals surface area (Å²) < 4.78 is 25.0. The molecule has 0 aromatic heterocycles. The van der Waals surface area contributed by atoms with E-state index in [0.29, 0.717) is 51.2 Å². The summed E-state index contributed by atoms with van der Waals surface area (Å²) in [6.07, 6.45) is 8.95. The molecule has 12 unspecified atom stereocenters. The minimum Gasteiger partial charge on any atom is -0.390 e. The van der Waals surface area contributed by atoms with E-state index in [1.54, 1.807) is 0 Å². The number of fused-ring (bicyclic) bond motifs is 4. The second-order valence-corrected chi connectivity index (χ2v) is 19.0. The minimum absolute atomic E-state index is 0.0334. The van der Waals surface area contributed by atoms with E-state index in [9.17, 15) is 15.0 Å². The lowest BCUT2D eigenvalue weighted by atomic mass is 9.44. The van der Waals surface area contributed by atoms with E-state index < -0.39 is 28.9 Å². The van der Waals surface area contributed by atoms with Crippen molar-refractivity contribution in [3.63, 3.8) is 0 Å². The second-order valence-electron chi connectivity index (χ2n) is 19.0. The lowest BCUT2D eigenvalue weighted by Gasteiger charge is -2.63. The van der Waals surface area contributed by atoms with E-state index in [4.69, 9.17) is 24.7 Å². The van der Waals surface area contributed by atoms with Gasteiger partial charge in [-0.2, -0.15) is 0 Å². The highest BCUT2D eigenvalue weighted by Gasteiger charge is 2.84. The molecule has 9 nitrogen and oxygen atoms in total. The van der Waals surface area contributed by atoms with E-state index in [0.717, 1.165) is 44.9 Å². The molecule has 3 saturated heterocycles. The smallest absolute Gasteiger partial charge is 0.233 e. The number of aliphatic hydroxyl groups excluding tert-OH is 1. The molecule has 12 atom stereocenters. The molecular formula is C37H60N2O7. The van der Waals surface area contributed by atoms with Gasteiger partial charge in [0, 0.05) is 13.0 Å². The molecule has 5 saturated carbocycles. The molecule has 8 rings (SSSR count). The van der Waals surface area contributed by atoms with Crippen LogP contribution in [0.2, 0.25) is 0 Å². The molecule has 5 aliphatic carbocycles. The van der Waals surface area contributed by atoms with Crippen molar-refractivity contribution in [2.45, 2.75) is 148 Å². The van der Waals surface area contributed by atoms with Crippen LogP contribution in [0, 0.1) is 44.8 Å². The lowest BCUT2D eigenvalue weighted by Crippen LogP contribution is -2.70. The van der Waals surface area contributed by atoms with E-state index in [1.165, 1.54) is 12.8 Å². The van der Waals surface area contributed by atoms with Crippen LogP contribution in [0.3, 0.4) is 0 Å². The fourth-order valence-corrected chi connectivity index (χ4v) is 13.4. The van der Waals surface area contributed by atoms with E-state index in [-0.39, 0.29) is 51.8 Å². The zero-order valence-corrected chi connectivity index (χ0v) is 29.2. The van der Waals surface area contributed by atoms with Gasteiger partial charge < -0.3 is 39.8 Å². The number of hydrogen-bond donors (Lipinski definition) is 3. The van der Waals surface area contributed by atoms with Crippen LogP contribution in [-0.4, -0.2) is 95.8 Å². The summed E-state index contributed by atoms with van der Waals surface area (Å²) in [4.78, 5) is 15.2. The first-order valence-corrected chi connectivity index (χ1v) is 18.5. The van der Waals surface area contributed by atoms with Crippen molar-refractivity contribution >= 4 is 5.91 Å². The van der Waals surface area contributed by atoms with E-state index in [1.807, 2.05) is 25.7 Å². The molecule has 0 aromatic carbocycles. The summed E-state index contributed by atoms with van der Waals surface area (Å²) in [6, 6.07) is 0. The van der Waals surface area contributed by atoms with Crippen molar-refractivity contribution in [2.75, 3.05) is 32.9 Å². The Morgan fingerprint density at radius 3 is 2.41 bits per heavy atom. The predicted molar refractivity (Wildman–Crippen MR) is 171 cm³/mol. The number of carbonyl (C=O) groups is 1. The summed E-state index contributed by atoms with van der Waals surface area (Å²) >= 11 is 0. The Kier molecular flexibility index (Phi) is 7.14. The molecular weight excluding hydrogens is 584 g/mol. The molecule has 3 heterocycles. The van der Waals surface area contributed by atoms with Crippen LogP contribution in [0.25, 0.3) is 0 Å². The van der Waals surface area contributed by atoms with Crippen molar-refractivity contribution < 1.29 is 34.0 Å². The molecule has 0 aromatic rings. The SMILES string of the molecule is CC(C)(O)CC1CCC2C(O1)C(O)C1(N)C3CCC4C(C)(C)C(OC5CN(C(=O)C6(C)COC6)CCO5)CCC45CC35CCC21C. The standard InChI is InChI=1S/C37H60N2O7/c1-31(2,42)17-22-7-8-23-28(45-22)29(40)37(38)25-10-9-24-32(3,4)26(11-12-35(24)19-36(25,35)14-13-34(23,37)6)46-27-18-39(15-16-44-27)30(41)33(5)20-43-21-33/h22-29,40,42H,7-21,38H2,1-6H3. The average molecular weight is 645 g/mol. The van der Waals surface area contributed by atoms with Gasteiger partial charge >= 0.3 is 0 Å². The Hall–Kier alpha value is -0.810. The van der Waals surface area contributed by atoms with Crippen LogP contribution in [0.1, 0.15) is 106 Å². The molecule has 0 bridgehead atoms. The number of nitrogens with two attached hydrogens (primary N) is 1. The Morgan fingerprint density at radius 2 is 1.72 bits per heavy atom. The van der Waals surface area contributed by atoms with Gasteiger partial charge in [0.2, 0.25) is 5.91 Å². The Balaban J connectivity index is 0.992. The quantitative estimate of drug-likeness (QED) is 0.410. The van der Waals surface area contributed by atoms with Gasteiger partial charge in [-0.3, -0.25) is 4.79 Å². The first-order valence-electron chi connectivity index (χ1n) is 18.5. The molecule has 260 valence electrons. The Labute approximate surface area is 275 Å². The van der Waals surface area contributed by atoms with Gasteiger partial charge in [0.25, 0.3) is 0 Å². The molecule has 8 aliphatic rings. The normalized spacial score (nSPS) is 51.9. The van der Waals surface area contributed by atoms with Crippen molar-refractivity contribution in [2.24, 2.45) is 50.6 Å². The first-order chi connectivity index (χ1) is 21.5. The van der Waals surface area contributed by atoms with Crippen molar-refractivity contribution in [1.82, 2.24) is 4.90 Å². The maximum atomic E-state index is 13.2. The monoisotopic (exact) mass is 644 g/mol. The number of amides is 1. The van der Waals surface area contributed by atoms with Crippen molar-refractivity contribution in [3.8, 4) is 0 Å². The van der Waals surface area contributed by atoms with Crippen LogP contribution in [0.4, 0.5) is 0 Å². The zero-order chi connectivity index (χ0) is 32.7. The highest BCUT2D eigenvalue weighted by molar-refractivity contribution is 5.83. The summed E-state index contributed by atoms with van der Waals surface area (Å²) in [5.41, 5.74) is 6.08. The summed E-state index contributed by atoms with van der Waals surface area (Å²) in [7, 11) is 0. The fraction of sp³-hybridized carbons (Fsp3) is 0.973. The second kappa shape index (κ2) is 10.1. The molecule has 46 heavy (non-hydrogen) atoms. The molecule has 8 fully saturated rings. The van der Waals surface area contributed by atoms with Gasteiger partial charge in [-0.15, -0.1) is 0 Å². The van der Waals surface area contributed by atoms with Crippen LogP contribution < -0.4 is 5.73 Å². The molecule has 4 N–H and O–H groups in total. The van der Waals surface area contributed by atoms with Gasteiger partial charge in [0.1, 0.15) is 0 Å². The van der Waals surface area contributed by atoms with Crippen molar-refractivity contribution in [1.29, 1.82) is 0 Å². The lowest BCUT2D eigenvalue weighted by molar-refractivity contribution is -0.248. The Morgan fingerprint density at radius 1 is 1.00 bits per heavy atom. The molecule has 3 aliphatic heterocycles. The fourth-order valence-electron chi connectivity index (χ4n) is 13.4. The number of rotatable bonds is 5. The predicted octanol–water partition coefficient (Wildman–Crippen LogP) is 4.01. The molecule has 9 heteroatoms. The maximum Gasteiger partial charge on any atom is 0.233 e. The van der Waals surface area contributed by atoms with Gasteiger partial charge in [0.15, 0.2) is 6.29 Å². The maximum absolute atomic E-state index is 13.2. The third-order valence-corrected chi connectivity index (χ3v) is 15.7. The largest absolute Gasteiger partial charge is 0.390 e. The third-order valence-electron chi connectivity index (χ3n) is 15.7. The molecule has 1 amide bonds. The number of carbonyl (C=O) groups excluding carboxylic acids is 1. The van der Waals surface area contributed by atoms with Gasteiger partial charge in [-0.25, -0.2) is 0 Å². The van der Waals surface area contributed by atoms with Crippen LogP contribution in [0.15, 0.2) is 0 Å². The number of morpholine rings is 1. The highest BCUT2D eigenvalue weighted by Crippen LogP contribution is 2.87. The van der Waals surface area contributed by atoms with Crippen LogP contribution >= 0.6 is 0 Å². The average Bonchev–Trinajstić information content (AvgIpc) is 3.61. The molecule has 0 radical (unpaired) electrons. The zero-order valence-electron chi connectivity index (χ0n) is 29.2. The van der Waals surface area contributed by atoms with E-state index in [2.05, 4.69) is 20.8 Å². The summed E-state index contributed by atoms with van der Waals surface area (Å²) in [6.45, 7) is 15.5. The Bertz CT molecular complexity index is 1250. The number of aliphatic hydroxyl groups is 2. The van der Waals surface area contributed by atoms with Crippen LogP contribution in [-0.2, 0) is 23.7 Å². The van der Waals surface area contributed by atoms with Gasteiger partial charge in [0.05, 0.1) is 67.3 Å². The third kappa shape index (κ3) is 4.21. The van der Waals surface area contributed by atoms with Crippen molar-refractivity contribution in [3.05, 3.63) is 0 Å². The van der Waals surface area contributed by atoms with Gasteiger partial charge in [-0.1, -0.05) is 20.8 Å². The van der Waals surface area contributed by atoms with E-state index >= 15 is 0 Å². The highest BCUT2D eigenvalue weighted by atomic mass is 16.7. The summed E-state index contributed by atoms with van der Waals surface area (Å²) in [5, 5.41) is 22.7. The number of ether oxygens (including phenoxy) is 4. The minimum atomic E-state index is -0.792. The molecule has 2 spiro atoms. The summed E-state index contributed by atoms with van der Waals surface area (Å²) in [5.74, 6) is 1.24. The topological polar surface area (TPSA) is 124 Å².